The molecule has 350 valence electrons. The molecule has 21 atom stereocenters. The molecule has 19 heteroatoms. The molecular formula is C41H70I2O17. The van der Waals surface area contributed by atoms with Crippen LogP contribution in [0.1, 0.15) is 72.1 Å². The number of aliphatic hydroxyl groups is 11. The fourth-order valence-corrected chi connectivity index (χ4v) is 15.7. The summed E-state index contributed by atoms with van der Waals surface area (Å²) in [5, 5.41) is 118. The van der Waals surface area contributed by atoms with Gasteiger partial charge in [-0.2, -0.15) is 0 Å². The number of fused-ring (bicyclic) bond motifs is 4. The Kier molecular flexibility index (Phi) is 16.1. The van der Waals surface area contributed by atoms with Crippen LogP contribution in [-0.4, -0.2) is 199 Å². The molecule has 0 radical (unpaired) electrons. The minimum atomic E-state index is -2.23. The Bertz CT molecular complexity index is 1450. The molecule has 0 spiro atoms. The third-order valence-corrected chi connectivity index (χ3v) is 20.4. The number of hydrogen-bond acceptors (Lipinski definition) is 17. The zero-order chi connectivity index (χ0) is 44.2. The predicted molar refractivity (Wildman–Crippen MR) is 231 cm³/mol. The monoisotopic (exact) mass is 1090 g/mol. The molecule has 60 heavy (non-hydrogen) atoms. The summed E-state index contributed by atoms with van der Waals surface area (Å²) in [7, 11) is 0. The maximum absolute atomic E-state index is 12.5. The molecule has 7 rings (SSSR count). The SMILES string of the molecule is C=CC[C@@]1(C)CC[C@]2(O)[C@@](C)(CCC[C@@]2(C)I)[C@@H]1CCI(C)OC[C@@H]1OC(CO)C2(OC[C@@H]3OC(CO)[C@@H](O)C(O)C3O)CC(C1O[C@@H]1O[C@H](CO)C(O)C(O)C1O)[C@@H]2O. The first kappa shape index (κ1) is 49.9. The van der Waals surface area contributed by atoms with Crippen LogP contribution in [0.5, 0.6) is 0 Å². The van der Waals surface area contributed by atoms with E-state index < -0.39 is 149 Å². The van der Waals surface area contributed by atoms with Crippen molar-refractivity contribution in [1.29, 1.82) is 0 Å². The van der Waals surface area contributed by atoms with Gasteiger partial charge in [-0.3, -0.25) is 0 Å². The van der Waals surface area contributed by atoms with Crippen molar-refractivity contribution in [2.45, 2.75) is 172 Å². The normalized spacial score (nSPS) is 52.2. The Hall–Kier alpha value is 0.520. The zero-order valence-electron chi connectivity index (χ0n) is 35.0. The van der Waals surface area contributed by atoms with Gasteiger partial charge in [0.15, 0.2) is 0 Å². The molecule has 17 nitrogen and oxygen atoms in total. The Labute approximate surface area is 373 Å². The molecular weight excluding hydrogens is 1020 g/mol. The van der Waals surface area contributed by atoms with E-state index in [1.165, 1.54) is 0 Å². The summed E-state index contributed by atoms with van der Waals surface area (Å²) in [6.45, 7) is 8.43. The second kappa shape index (κ2) is 19.4. The fourth-order valence-electron chi connectivity index (χ4n) is 11.7. The van der Waals surface area contributed by atoms with E-state index in [1.54, 1.807) is 0 Å². The summed E-state index contributed by atoms with van der Waals surface area (Å²) in [5.41, 5.74) is -2.79. The number of allylic oxidation sites excluding steroid dienone is 1. The molecule has 3 aliphatic carbocycles. The van der Waals surface area contributed by atoms with Crippen LogP contribution in [0, 0.1) is 22.7 Å². The molecule has 4 aliphatic heterocycles. The van der Waals surface area contributed by atoms with Crippen LogP contribution in [0.2, 0.25) is 0 Å². The summed E-state index contributed by atoms with van der Waals surface area (Å²) < 4.78 is 37.6. The van der Waals surface area contributed by atoms with Gasteiger partial charge in [-0.05, 0) is 0 Å². The third-order valence-electron chi connectivity index (χ3n) is 15.5. The van der Waals surface area contributed by atoms with Crippen LogP contribution in [0.3, 0.4) is 0 Å². The van der Waals surface area contributed by atoms with E-state index in [-0.39, 0.29) is 33.2 Å². The number of rotatable bonds is 16. The number of hydrogen-bond donors (Lipinski definition) is 11. The topological polar surface area (TPSA) is 278 Å². The molecule has 0 amide bonds. The molecule has 0 aromatic rings. The van der Waals surface area contributed by atoms with E-state index in [1.807, 2.05) is 6.08 Å². The van der Waals surface area contributed by atoms with Crippen molar-refractivity contribution in [1.82, 2.24) is 0 Å². The van der Waals surface area contributed by atoms with Crippen LogP contribution in [0.25, 0.3) is 0 Å². The number of halogens is 2. The average molecular weight is 1090 g/mol. The molecule has 2 bridgehead atoms. The van der Waals surface area contributed by atoms with Crippen LogP contribution in [0.4, 0.5) is 0 Å². The predicted octanol–water partition coefficient (Wildman–Crippen LogP) is -0.525. The van der Waals surface area contributed by atoms with E-state index in [2.05, 4.69) is 54.9 Å². The standard InChI is InChI=1S/C41H70I2O17/c1-6-9-37(2)12-13-41(54)38(3,10-7-11-39(41,4)42)26(37)8-14-43(5)56-20-25-34(60-36-33(52)32(51)29(48)23(17-45)59-36)21-15-40(35(21)53,27(18-46)58-25)55-19-24-30(49)31(50)28(47)22(16-44)57-24/h6,21-36,44-54H,1,7-20H2,2-5H3/t21?,22?,23-,24+,25+,26-,27?,28-,29?,30?,31?,32?,33?,34?,35+,36+,37+,38+,39-,40?,41+/m1/s1. The van der Waals surface area contributed by atoms with Gasteiger partial charge in [0.05, 0.1) is 0 Å². The van der Waals surface area contributed by atoms with Crippen LogP contribution < -0.4 is 0 Å². The second-order valence-corrected chi connectivity index (χ2v) is 26.0. The first-order valence-corrected chi connectivity index (χ1v) is 26.9. The van der Waals surface area contributed by atoms with E-state index >= 15 is 0 Å². The molecule has 7 aliphatic rings. The molecule has 10 unspecified atom stereocenters. The van der Waals surface area contributed by atoms with Gasteiger partial charge in [0.1, 0.15) is 0 Å². The molecule has 11 N–H and O–H groups in total. The van der Waals surface area contributed by atoms with Crippen molar-refractivity contribution in [3.05, 3.63) is 12.7 Å². The van der Waals surface area contributed by atoms with Crippen molar-refractivity contribution in [2.24, 2.45) is 22.7 Å². The Morgan fingerprint density at radius 2 is 1.40 bits per heavy atom. The number of aliphatic hydroxyl groups excluding tert-OH is 10. The van der Waals surface area contributed by atoms with Crippen molar-refractivity contribution in [3.63, 3.8) is 0 Å². The fraction of sp³-hybridized carbons (Fsp3) is 0.951. The van der Waals surface area contributed by atoms with Crippen molar-refractivity contribution < 1.29 is 82.9 Å². The second-order valence-electron chi connectivity index (χ2n) is 18.9. The zero-order valence-corrected chi connectivity index (χ0v) is 39.4. The van der Waals surface area contributed by atoms with Gasteiger partial charge in [0.2, 0.25) is 0 Å². The molecule has 4 saturated heterocycles. The summed E-state index contributed by atoms with van der Waals surface area (Å²) in [5.74, 6) is -0.581. The van der Waals surface area contributed by atoms with Crippen LogP contribution in [0.15, 0.2) is 12.7 Å². The number of ether oxygens (including phenoxy) is 5. The van der Waals surface area contributed by atoms with E-state index in [0.29, 0.717) is 0 Å². The van der Waals surface area contributed by atoms with Crippen LogP contribution >= 0.6 is 42.8 Å². The Morgan fingerprint density at radius 3 is 2.02 bits per heavy atom. The van der Waals surface area contributed by atoms with Gasteiger partial charge in [0.25, 0.3) is 0 Å². The quantitative estimate of drug-likeness (QED) is 0.0527. The van der Waals surface area contributed by atoms with Gasteiger partial charge >= 0.3 is 366 Å². The van der Waals surface area contributed by atoms with Gasteiger partial charge in [-0.15, -0.1) is 0 Å². The van der Waals surface area contributed by atoms with Crippen molar-refractivity contribution in [3.8, 4) is 0 Å². The van der Waals surface area contributed by atoms with E-state index in [4.69, 9.17) is 26.8 Å². The first-order chi connectivity index (χ1) is 28.2. The Morgan fingerprint density at radius 1 is 0.767 bits per heavy atom. The molecule has 4 heterocycles. The van der Waals surface area contributed by atoms with Gasteiger partial charge in [-0.25, -0.2) is 0 Å². The summed E-state index contributed by atoms with van der Waals surface area (Å²) in [6.07, 6.45) is -11.6. The van der Waals surface area contributed by atoms with Gasteiger partial charge in [0, 0.05) is 0 Å². The molecule has 3 saturated carbocycles. The van der Waals surface area contributed by atoms with Gasteiger partial charge in [-0.1, -0.05) is 0 Å². The van der Waals surface area contributed by atoms with E-state index in [0.717, 1.165) is 49.4 Å². The molecule has 0 aromatic carbocycles. The molecule has 0 aromatic heterocycles. The minimum absolute atomic E-state index is 0.0324. The van der Waals surface area contributed by atoms with Crippen molar-refractivity contribution in [2.75, 3.05) is 42.4 Å². The summed E-state index contributed by atoms with van der Waals surface area (Å²) in [6, 6.07) is 0. The third kappa shape index (κ3) is 8.78. The number of alkyl halides is 3. The van der Waals surface area contributed by atoms with Crippen molar-refractivity contribution >= 4 is 42.8 Å². The summed E-state index contributed by atoms with van der Waals surface area (Å²) in [4.78, 5) is 2.10. The molecule has 7 fully saturated rings. The maximum atomic E-state index is 12.5. The first-order valence-electron chi connectivity index (χ1n) is 21.3. The van der Waals surface area contributed by atoms with E-state index in [9.17, 15) is 56.2 Å². The van der Waals surface area contributed by atoms with Crippen LogP contribution in [-0.2, 0) is 26.8 Å². The average Bonchev–Trinajstić information content (AvgIpc) is 3.40. The van der Waals surface area contributed by atoms with Gasteiger partial charge < -0.3 is 10.2 Å². The Balaban J connectivity index is 1.21. The summed E-state index contributed by atoms with van der Waals surface area (Å²) >= 11 is 0.243.